The van der Waals surface area contributed by atoms with Gasteiger partial charge in [-0.2, -0.15) is 0 Å². The minimum atomic E-state index is -1.64. The van der Waals surface area contributed by atoms with Crippen LogP contribution in [0.25, 0.3) is 0 Å². The van der Waals surface area contributed by atoms with Crippen LogP contribution < -0.4 is 71.6 Å². The van der Waals surface area contributed by atoms with Gasteiger partial charge in [0.1, 0.15) is 31.0 Å². The maximum absolute atomic E-state index is 13.1. The van der Waals surface area contributed by atoms with Gasteiger partial charge in [-0.15, -0.1) is 0 Å². The first-order valence-corrected chi connectivity index (χ1v) is 21.3. The number of piperidine rings is 1. The molecule has 3 aliphatic rings. The molecule has 9 unspecified atom stereocenters. The Hall–Kier alpha value is -4.47. The van der Waals surface area contributed by atoms with Crippen LogP contribution in [0.3, 0.4) is 0 Å². The number of primary amides is 1. The summed E-state index contributed by atoms with van der Waals surface area (Å²) in [7, 11) is 0. The Bertz CT molecular complexity index is 1500. The highest BCUT2D eigenvalue weighted by Gasteiger charge is 2.48. The SMILES string of the molecule is NCCCC(N)CC(=O)NCCCC(N)CC(=O)NCCCC(N)CC(=O)NCCCC(N)CC(=O)NC1C(NC2=N[C@@H]3C(=O)NC[C@@H](O)[C@H]3N2)OC(COC(N)=O)C(O)C1O. The second-order valence-corrected chi connectivity index (χ2v) is 16.1. The number of aliphatic hydroxyl groups excluding tert-OH is 3. The molecule has 0 aromatic rings. The first kappa shape index (κ1) is 51.9. The Morgan fingerprint density at radius 3 is 1.71 bits per heavy atom. The quantitative estimate of drug-likeness (QED) is 0.0341. The summed E-state index contributed by atoms with van der Waals surface area (Å²) in [4.78, 5) is 77.6. The van der Waals surface area contributed by atoms with Crippen LogP contribution in [0.5, 0.6) is 0 Å². The molecule has 3 rings (SSSR count). The zero-order chi connectivity index (χ0) is 45.8. The van der Waals surface area contributed by atoms with Crippen molar-refractivity contribution in [2.24, 2.45) is 39.4 Å². The lowest BCUT2D eigenvalue weighted by molar-refractivity contribution is -0.198. The molecule has 25 nitrogen and oxygen atoms in total. The summed E-state index contributed by atoms with van der Waals surface area (Å²) in [5.41, 5.74) is 34.8. The van der Waals surface area contributed by atoms with Crippen LogP contribution in [0, 0.1) is 0 Å². The smallest absolute Gasteiger partial charge is 0.404 e. The van der Waals surface area contributed by atoms with Crippen molar-refractivity contribution in [2.45, 2.75) is 150 Å². The molecule has 0 aromatic heterocycles. The lowest BCUT2D eigenvalue weighted by Crippen LogP contribution is -2.69. The van der Waals surface area contributed by atoms with E-state index >= 15 is 0 Å². The van der Waals surface area contributed by atoms with E-state index < -0.39 is 85.4 Å². The molecule has 12 atom stereocenters. The maximum Gasteiger partial charge on any atom is 0.404 e. The molecule has 0 bridgehead atoms. The second kappa shape index (κ2) is 26.9. The third-order valence-corrected chi connectivity index (χ3v) is 10.6. The summed E-state index contributed by atoms with van der Waals surface area (Å²) in [6, 6.07) is -4.65. The van der Waals surface area contributed by atoms with Gasteiger partial charge in [-0.1, -0.05) is 0 Å². The van der Waals surface area contributed by atoms with E-state index in [0.717, 1.165) is 6.42 Å². The first-order chi connectivity index (χ1) is 29.5. The first-order valence-electron chi connectivity index (χ1n) is 21.3. The molecular weight excluding hydrogens is 816 g/mol. The van der Waals surface area contributed by atoms with Crippen molar-refractivity contribution in [3.8, 4) is 0 Å². The number of carbonyl (C=O) groups excluding carboxylic acids is 6. The minimum Gasteiger partial charge on any atom is -0.447 e. The number of β-amino-alcohol motifs (C(OH)–C–C–N with tert-alkyl or cyclic N) is 1. The monoisotopic (exact) mass is 887 g/mol. The second-order valence-electron chi connectivity index (χ2n) is 16.1. The molecule has 354 valence electrons. The topological polar surface area (TPSA) is 434 Å². The molecule has 22 N–H and O–H groups in total. The number of guanidine groups is 1. The number of fused-ring (bicyclic) bond motifs is 1. The number of hydrogen-bond donors (Lipinski definition) is 16. The van der Waals surface area contributed by atoms with Gasteiger partial charge in [0.15, 0.2) is 18.2 Å². The fraction of sp³-hybridized carbons (Fsp3) is 0.811. The predicted molar refractivity (Wildman–Crippen MR) is 224 cm³/mol. The van der Waals surface area contributed by atoms with Crippen molar-refractivity contribution in [1.82, 2.24) is 37.2 Å². The van der Waals surface area contributed by atoms with Crippen LogP contribution >= 0.6 is 0 Å². The van der Waals surface area contributed by atoms with Gasteiger partial charge in [0, 0.05) is 76.0 Å². The summed E-state index contributed by atoms with van der Waals surface area (Å²) < 4.78 is 10.6. The van der Waals surface area contributed by atoms with Gasteiger partial charge in [-0.25, -0.2) is 9.79 Å². The molecule has 0 aliphatic carbocycles. The van der Waals surface area contributed by atoms with E-state index in [-0.39, 0.29) is 74.5 Å². The van der Waals surface area contributed by atoms with Crippen LogP contribution in [0.15, 0.2) is 4.99 Å². The zero-order valence-electron chi connectivity index (χ0n) is 35.2. The number of aliphatic imine (C=N–C) groups is 1. The van der Waals surface area contributed by atoms with E-state index in [1.54, 1.807) is 0 Å². The highest BCUT2D eigenvalue weighted by atomic mass is 16.6. The fourth-order valence-corrected chi connectivity index (χ4v) is 7.20. The molecule has 25 heteroatoms. The molecule has 3 heterocycles. The van der Waals surface area contributed by atoms with Gasteiger partial charge < -0.3 is 96.4 Å². The Kier molecular flexibility index (Phi) is 22.5. The molecule has 0 aromatic carbocycles. The molecule has 0 radical (unpaired) electrons. The number of nitrogens with two attached hydrogens (primary N) is 6. The fourth-order valence-electron chi connectivity index (χ4n) is 7.20. The maximum atomic E-state index is 13.1. The van der Waals surface area contributed by atoms with Crippen molar-refractivity contribution in [1.29, 1.82) is 0 Å². The number of rotatable bonds is 27. The van der Waals surface area contributed by atoms with E-state index in [0.29, 0.717) is 64.6 Å². The van der Waals surface area contributed by atoms with Gasteiger partial charge in [0.05, 0.1) is 12.1 Å². The highest BCUT2D eigenvalue weighted by molar-refractivity contribution is 5.92. The summed E-state index contributed by atoms with van der Waals surface area (Å²) in [6.07, 6.45) is -3.15. The normalized spacial score (nSPS) is 26.3. The number of ether oxygens (including phenoxy) is 2. The van der Waals surface area contributed by atoms with Gasteiger partial charge in [-0.05, 0) is 57.9 Å². The number of amides is 6. The number of nitrogens with one attached hydrogen (secondary N) is 7. The third kappa shape index (κ3) is 18.5. The Morgan fingerprint density at radius 2 is 1.24 bits per heavy atom. The standard InChI is InChI=1S/C37H70N14O11/c38-9-1-5-19(39)13-25(53)44-10-2-6-20(40)14-26(54)45-11-3-7-21(41)15-27(55)46-12-4-8-22(42)16-28(56)48-31-33(58)32(57)24(18-61-36(43)60)62-35(31)51-37-49-29-23(52)17-47-34(59)30(29)50-37/h19-24,29-33,35,52,57-58H,1-18,38-42H2,(H2,43,60)(H,44,53)(H,45,54)(H,46,55)(H,47,59)(H,48,56)(H2,49,50,51)/t19?,20?,21?,22?,23-,24?,29-,30+,31?,32?,33?,35?/m1/s1. The molecule has 2 fully saturated rings. The van der Waals surface area contributed by atoms with Gasteiger partial charge >= 0.3 is 6.09 Å². The number of nitrogens with zero attached hydrogens (tertiary/aromatic N) is 1. The van der Waals surface area contributed by atoms with Crippen LogP contribution in [0.4, 0.5) is 4.79 Å². The minimum absolute atomic E-state index is 0.00971. The molecule has 3 aliphatic heterocycles. The summed E-state index contributed by atoms with van der Waals surface area (Å²) in [6.45, 7) is 1.12. The third-order valence-electron chi connectivity index (χ3n) is 10.6. The van der Waals surface area contributed by atoms with E-state index in [2.05, 4.69) is 42.2 Å². The van der Waals surface area contributed by atoms with Crippen molar-refractivity contribution in [3.05, 3.63) is 0 Å². The lowest BCUT2D eigenvalue weighted by Gasteiger charge is -2.43. The van der Waals surface area contributed by atoms with E-state index in [9.17, 15) is 44.1 Å². The lowest BCUT2D eigenvalue weighted by atomic mass is 9.95. The molecular formula is C37H70N14O11. The van der Waals surface area contributed by atoms with Gasteiger partial charge in [0.2, 0.25) is 29.5 Å². The van der Waals surface area contributed by atoms with E-state index in [1.165, 1.54) is 0 Å². The summed E-state index contributed by atoms with van der Waals surface area (Å²) in [5, 5.41) is 51.4. The Morgan fingerprint density at radius 1 is 0.758 bits per heavy atom. The van der Waals surface area contributed by atoms with Crippen LogP contribution in [0.2, 0.25) is 0 Å². The van der Waals surface area contributed by atoms with Crippen molar-refractivity contribution in [3.63, 3.8) is 0 Å². The van der Waals surface area contributed by atoms with E-state index in [4.69, 9.17) is 43.9 Å². The molecule has 0 saturated carbocycles. The van der Waals surface area contributed by atoms with Gasteiger partial charge in [-0.3, -0.25) is 24.0 Å². The molecule has 2 saturated heterocycles. The van der Waals surface area contributed by atoms with Crippen LogP contribution in [0.1, 0.15) is 77.0 Å². The van der Waals surface area contributed by atoms with Crippen molar-refractivity contribution >= 4 is 41.6 Å². The van der Waals surface area contributed by atoms with Crippen LogP contribution in [-0.4, -0.2) is 169 Å². The zero-order valence-corrected chi connectivity index (χ0v) is 35.2. The molecule has 62 heavy (non-hydrogen) atoms. The van der Waals surface area contributed by atoms with Crippen molar-refractivity contribution in [2.75, 3.05) is 39.3 Å². The predicted octanol–water partition coefficient (Wildman–Crippen LogP) is -6.91. The average molecular weight is 887 g/mol. The Labute approximate surface area is 360 Å². The number of aliphatic hydroxyl groups is 3. The van der Waals surface area contributed by atoms with Gasteiger partial charge in [0.25, 0.3) is 0 Å². The molecule has 0 spiro atoms. The van der Waals surface area contributed by atoms with Crippen molar-refractivity contribution < 1.29 is 53.6 Å². The van der Waals surface area contributed by atoms with Crippen LogP contribution in [-0.2, 0) is 33.4 Å². The number of hydrogen-bond acceptors (Lipinski definition) is 19. The molecule has 6 amide bonds. The van der Waals surface area contributed by atoms with E-state index in [1.807, 2.05) is 0 Å². The largest absolute Gasteiger partial charge is 0.447 e. The number of carbonyl (C=O) groups is 6. The average Bonchev–Trinajstić information content (AvgIpc) is 3.64. The highest BCUT2D eigenvalue weighted by Crippen LogP contribution is 2.22. The summed E-state index contributed by atoms with van der Waals surface area (Å²) in [5.74, 6) is -1.57. The summed E-state index contributed by atoms with van der Waals surface area (Å²) >= 11 is 0. The Balaban J connectivity index is 1.30.